The van der Waals surface area contributed by atoms with E-state index in [1.807, 2.05) is 0 Å². The molecule has 146 valence electrons. The van der Waals surface area contributed by atoms with Crippen LogP contribution in [0.2, 0.25) is 0 Å². The average molecular weight is 392 g/mol. The van der Waals surface area contributed by atoms with Gasteiger partial charge in [0.05, 0.1) is 24.8 Å². The molecule has 2 aromatic carbocycles. The van der Waals surface area contributed by atoms with Gasteiger partial charge in [0, 0.05) is 17.2 Å². The molecule has 0 spiro atoms. The first-order valence-corrected chi connectivity index (χ1v) is 9.71. The summed E-state index contributed by atoms with van der Waals surface area (Å²) in [6.07, 6.45) is 0. The van der Waals surface area contributed by atoms with Crippen LogP contribution >= 0.6 is 0 Å². The summed E-state index contributed by atoms with van der Waals surface area (Å²) >= 11 is 0. The van der Waals surface area contributed by atoms with Crippen LogP contribution in [0.3, 0.4) is 0 Å². The molecule has 0 bridgehead atoms. The first-order chi connectivity index (χ1) is 12.6. The van der Waals surface area contributed by atoms with Crippen LogP contribution in [0.25, 0.3) is 0 Å². The van der Waals surface area contributed by atoms with Crippen LogP contribution < -0.4 is 19.5 Å². The van der Waals surface area contributed by atoms with E-state index in [1.54, 1.807) is 39.0 Å². The zero-order valence-electron chi connectivity index (χ0n) is 16.0. The van der Waals surface area contributed by atoms with Crippen LogP contribution in [0.4, 0.5) is 5.69 Å². The quantitative estimate of drug-likeness (QED) is 0.788. The summed E-state index contributed by atoms with van der Waals surface area (Å²) in [5, 5.41) is 2.74. The number of rotatable bonds is 6. The molecule has 0 heterocycles. The summed E-state index contributed by atoms with van der Waals surface area (Å²) in [5.41, 5.74) is 0.167. The number of methoxy groups -OCH3 is 2. The Hall–Kier alpha value is -2.58. The fraction of sp³-hybridized carbons (Fsp3) is 0.316. The molecule has 0 saturated heterocycles. The van der Waals surface area contributed by atoms with Gasteiger partial charge in [-0.05, 0) is 57.2 Å². The summed E-state index contributed by atoms with van der Waals surface area (Å²) < 4.78 is 37.6. The minimum absolute atomic E-state index is 0.0907. The Balaban J connectivity index is 2.22. The second-order valence-electron chi connectivity index (χ2n) is 6.90. The summed E-state index contributed by atoms with van der Waals surface area (Å²) in [6, 6.07) is 10.7. The van der Waals surface area contributed by atoms with Crippen molar-refractivity contribution in [3.63, 3.8) is 0 Å². The second-order valence-corrected chi connectivity index (χ2v) is 8.58. The number of hydrogen-bond donors (Lipinski definition) is 2. The van der Waals surface area contributed by atoms with Crippen molar-refractivity contribution >= 4 is 21.6 Å². The Labute approximate surface area is 159 Å². The molecule has 0 aliphatic heterocycles. The second kappa shape index (κ2) is 7.98. The van der Waals surface area contributed by atoms with Crippen molar-refractivity contribution in [2.75, 3.05) is 19.5 Å². The minimum atomic E-state index is -3.66. The third-order valence-corrected chi connectivity index (χ3v) is 5.30. The van der Waals surface area contributed by atoms with Crippen molar-refractivity contribution in [2.45, 2.75) is 31.2 Å². The lowest BCUT2D eigenvalue weighted by atomic mass is 10.1. The van der Waals surface area contributed by atoms with Gasteiger partial charge in [-0.25, -0.2) is 13.1 Å². The Morgan fingerprint density at radius 3 is 2.11 bits per heavy atom. The monoisotopic (exact) mass is 392 g/mol. The summed E-state index contributed by atoms with van der Waals surface area (Å²) in [5.74, 6) is 0.660. The van der Waals surface area contributed by atoms with E-state index >= 15 is 0 Å². The molecule has 0 saturated carbocycles. The highest BCUT2D eigenvalue weighted by Gasteiger charge is 2.22. The predicted molar refractivity (Wildman–Crippen MR) is 104 cm³/mol. The van der Waals surface area contributed by atoms with Crippen molar-refractivity contribution in [1.82, 2.24) is 4.72 Å². The van der Waals surface area contributed by atoms with Crippen molar-refractivity contribution in [3.05, 3.63) is 48.0 Å². The summed E-state index contributed by atoms with van der Waals surface area (Å²) in [4.78, 5) is 12.6. The molecule has 0 atom stereocenters. The molecule has 0 aliphatic carbocycles. The van der Waals surface area contributed by atoms with Gasteiger partial charge in [0.2, 0.25) is 10.0 Å². The van der Waals surface area contributed by atoms with Crippen LogP contribution in [0.15, 0.2) is 47.4 Å². The van der Waals surface area contributed by atoms with E-state index in [-0.39, 0.29) is 4.90 Å². The Morgan fingerprint density at radius 1 is 0.963 bits per heavy atom. The van der Waals surface area contributed by atoms with Crippen molar-refractivity contribution < 1.29 is 22.7 Å². The molecule has 7 nitrogen and oxygen atoms in total. The van der Waals surface area contributed by atoms with Crippen LogP contribution in [-0.4, -0.2) is 34.1 Å². The molecule has 0 aromatic heterocycles. The third-order valence-electron chi connectivity index (χ3n) is 3.52. The van der Waals surface area contributed by atoms with Gasteiger partial charge in [0.25, 0.3) is 5.91 Å². The smallest absolute Gasteiger partial charge is 0.255 e. The highest BCUT2D eigenvalue weighted by Crippen LogP contribution is 2.29. The zero-order chi connectivity index (χ0) is 20.2. The molecule has 0 fully saturated rings. The molecule has 1 amide bonds. The number of carbonyl (C=O) groups is 1. The number of anilines is 1. The van der Waals surface area contributed by atoms with Gasteiger partial charge in [-0.2, -0.15) is 0 Å². The lowest BCUT2D eigenvalue weighted by molar-refractivity contribution is 0.102. The van der Waals surface area contributed by atoms with E-state index in [0.717, 1.165) is 0 Å². The minimum Gasteiger partial charge on any atom is -0.497 e. The van der Waals surface area contributed by atoms with Crippen LogP contribution in [-0.2, 0) is 10.0 Å². The molecule has 2 aromatic rings. The number of carbonyl (C=O) groups excluding carboxylic acids is 1. The maximum absolute atomic E-state index is 12.5. The van der Waals surface area contributed by atoms with Gasteiger partial charge in [-0.15, -0.1) is 0 Å². The van der Waals surface area contributed by atoms with Crippen molar-refractivity contribution in [2.24, 2.45) is 0 Å². The van der Waals surface area contributed by atoms with Crippen molar-refractivity contribution in [3.8, 4) is 11.5 Å². The normalized spacial score (nSPS) is 11.7. The van der Waals surface area contributed by atoms with E-state index in [1.165, 1.54) is 38.5 Å². The standard InChI is InChI=1S/C19H24N2O5S/c1-19(2,3)21-27(23,24)15-9-6-13(7-10-15)18(22)20-16-12-14(25-4)8-11-17(16)26-5/h6-12,21H,1-5H3,(H,20,22). The van der Waals surface area contributed by atoms with Crippen LogP contribution in [0.1, 0.15) is 31.1 Å². The fourth-order valence-electron chi connectivity index (χ4n) is 2.35. The maximum atomic E-state index is 12.5. The first kappa shape index (κ1) is 20.7. The number of hydrogen-bond acceptors (Lipinski definition) is 5. The SMILES string of the molecule is COc1ccc(OC)c(NC(=O)c2ccc(S(=O)(=O)NC(C)(C)C)cc2)c1. The number of sulfonamides is 1. The van der Waals surface area contributed by atoms with Gasteiger partial charge in [-0.3, -0.25) is 4.79 Å². The molecule has 2 N–H and O–H groups in total. The molecule has 0 unspecified atom stereocenters. The Morgan fingerprint density at radius 2 is 1.59 bits per heavy atom. The maximum Gasteiger partial charge on any atom is 0.255 e. The third kappa shape index (κ3) is 5.45. The summed E-state index contributed by atoms with van der Waals surface area (Å²) in [7, 11) is -0.632. The number of ether oxygens (including phenoxy) is 2. The van der Waals surface area contributed by atoms with Gasteiger partial charge in [0.1, 0.15) is 11.5 Å². The highest BCUT2D eigenvalue weighted by atomic mass is 32.2. The van der Waals surface area contributed by atoms with E-state index < -0.39 is 21.5 Å². The molecule has 0 radical (unpaired) electrons. The van der Waals surface area contributed by atoms with E-state index in [9.17, 15) is 13.2 Å². The van der Waals surface area contributed by atoms with Crippen LogP contribution in [0.5, 0.6) is 11.5 Å². The summed E-state index contributed by atoms with van der Waals surface area (Å²) in [6.45, 7) is 5.27. The van der Waals surface area contributed by atoms with Gasteiger partial charge in [-0.1, -0.05) is 0 Å². The van der Waals surface area contributed by atoms with Gasteiger partial charge in [0.15, 0.2) is 0 Å². The van der Waals surface area contributed by atoms with Crippen molar-refractivity contribution in [1.29, 1.82) is 0 Å². The largest absolute Gasteiger partial charge is 0.497 e. The molecule has 0 aliphatic rings. The van der Waals surface area contributed by atoms with Crippen LogP contribution in [0, 0.1) is 0 Å². The Kier molecular flexibility index (Phi) is 6.12. The predicted octanol–water partition coefficient (Wildman–Crippen LogP) is 3.03. The lowest BCUT2D eigenvalue weighted by Crippen LogP contribution is -2.40. The Bertz CT molecular complexity index is 916. The van der Waals surface area contributed by atoms with E-state index in [4.69, 9.17) is 9.47 Å². The van der Waals surface area contributed by atoms with E-state index in [2.05, 4.69) is 10.0 Å². The molecular weight excluding hydrogens is 368 g/mol. The van der Waals surface area contributed by atoms with Gasteiger partial charge < -0.3 is 14.8 Å². The topological polar surface area (TPSA) is 93.7 Å². The molecule has 8 heteroatoms. The average Bonchev–Trinajstić information content (AvgIpc) is 2.59. The molecule has 27 heavy (non-hydrogen) atoms. The number of amides is 1. The molecular formula is C19H24N2O5S. The van der Waals surface area contributed by atoms with Gasteiger partial charge >= 0.3 is 0 Å². The fourth-order valence-corrected chi connectivity index (χ4v) is 3.77. The zero-order valence-corrected chi connectivity index (χ0v) is 16.8. The van der Waals surface area contributed by atoms with E-state index in [0.29, 0.717) is 22.7 Å². The number of nitrogens with one attached hydrogen (secondary N) is 2. The first-order valence-electron chi connectivity index (χ1n) is 8.23. The molecule has 2 rings (SSSR count). The number of benzene rings is 2. The highest BCUT2D eigenvalue weighted by molar-refractivity contribution is 7.89. The lowest BCUT2D eigenvalue weighted by Gasteiger charge is -2.20.